The maximum absolute atomic E-state index is 13.3. The summed E-state index contributed by atoms with van der Waals surface area (Å²) in [4.78, 5) is 42.2. The molecule has 7 nitrogen and oxygen atoms in total. The molecule has 0 fully saturated rings. The van der Waals surface area contributed by atoms with Crippen LogP contribution in [0.2, 0.25) is 10.0 Å². The average Bonchev–Trinajstić information content (AvgIpc) is 2.73. The number of halogens is 2. The first-order valence-electron chi connectivity index (χ1n) is 10.1. The fraction of sp³-hybridized carbons (Fsp3) is 0.261. The van der Waals surface area contributed by atoms with Crippen molar-refractivity contribution in [3.05, 3.63) is 90.5 Å². The van der Waals surface area contributed by atoms with Crippen LogP contribution < -0.4 is 21.9 Å². The van der Waals surface area contributed by atoms with Crippen molar-refractivity contribution >= 4 is 40.6 Å². The lowest BCUT2D eigenvalue weighted by atomic mass is 10.1. The molecule has 2 aromatic carbocycles. The Morgan fingerprint density at radius 1 is 1.06 bits per heavy atom. The standard InChI is InChI=1S/C23H24Cl2N4O3/c1-14(2)12-28(19(30)11-16-17(24)9-6-10-18(16)25)20-21(26)29(23(32)27-22(20)31)13-15-7-4-3-5-8-15/h3-10,14H,11-13,26H2,1-2H3,(H,27,31,32). The third-order valence-corrected chi connectivity index (χ3v) is 5.61. The second-order valence-electron chi connectivity index (χ2n) is 7.84. The zero-order chi connectivity index (χ0) is 23.4. The van der Waals surface area contributed by atoms with Gasteiger partial charge in [0.15, 0.2) is 5.69 Å². The van der Waals surface area contributed by atoms with Crippen LogP contribution >= 0.6 is 23.2 Å². The number of anilines is 2. The molecule has 0 bridgehead atoms. The molecule has 1 aromatic heterocycles. The highest BCUT2D eigenvalue weighted by Gasteiger charge is 2.26. The number of carbonyl (C=O) groups excluding carboxylic acids is 1. The molecule has 3 rings (SSSR count). The van der Waals surface area contributed by atoms with Gasteiger partial charge < -0.3 is 10.6 Å². The quantitative estimate of drug-likeness (QED) is 0.544. The highest BCUT2D eigenvalue weighted by atomic mass is 35.5. The summed E-state index contributed by atoms with van der Waals surface area (Å²) in [6.45, 7) is 4.19. The van der Waals surface area contributed by atoms with Crippen molar-refractivity contribution in [3.8, 4) is 0 Å². The van der Waals surface area contributed by atoms with Crippen LogP contribution in [0.1, 0.15) is 25.0 Å². The average molecular weight is 475 g/mol. The van der Waals surface area contributed by atoms with E-state index in [4.69, 9.17) is 28.9 Å². The highest BCUT2D eigenvalue weighted by molar-refractivity contribution is 6.36. The molecule has 0 aliphatic heterocycles. The number of hydrogen-bond donors (Lipinski definition) is 2. The number of amides is 1. The third kappa shape index (κ3) is 5.23. The molecule has 0 unspecified atom stereocenters. The Bertz CT molecular complexity index is 1220. The topological polar surface area (TPSA) is 101 Å². The summed E-state index contributed by atoms with van der Waals surface area (Å²) in [6.07, 6.45) is -0.123. The van der Waals surface area contributed by atoms with Crippen molar-refractivity contribution < 1.29 is 4.79 Å². The normalized spacial score (nSPS) is 11.0. The lowest BCUT2D eigenvalue weighted by Gasteiger charge is -2.26. The Morgan fingerprint density at radius 3 is 2.28 bits per heavy atom. The zero-order valence-electron chi connectivity index (χ0n) is 17.8. The zero-order valence-corrected chi connectivity index (χ0v) is 19.3. The van der Waals surface area contributed by atoms with Gasteiger partial charge in [0.2, 0.25) is 5.91 Å². The first kappa shape index (κ1) is 23.6. The molecule has 1 heterocycles. The summed E-state index contributed by atoms with van der Waals surface area (Å²) in [6, 6.07) is 14.2. The first-order chi connectivity index (χ1) is 15.2. The van der Waals surface area contributed by atoms with E-state index in [0.29, 0.717) is 15.6 Å². The Hall–Kier alpha value is -3.03. The fourth-order valence-corrected chi connectivity index (χ4v) is 3.92. The Labute approximate surface area is 195 Å². The van der Waals surface area contributed by atoms with Gasteiger partial charge in [0.05, 0.1) is 13.0 Å². The molecule has 0 aliphatic rings. The second kappa shape index (κ2) is 10.1. The minimum Gasteiger partial charge on any atom is -0.383 e. The molecule has 0 saturated heterocycles. The van der Waals surface area contributed by atoms with Crippen LogP contribution in [-0.4, -0.2) is 22.0 Å². The third-order valence-electron chi connectivity index (χ3n) is 4.91. The van der Waals surface area contributed by atoms with Gasteiger partial charge in [-0.15, -0.1) is 0 Å². The smallest absolute Gasteiger partial charge is 0.330 e. The SMILES string of the molecule is CC(C)CN(C(=O)Cc1c(Cl)cccc1Cl)c1c(N)n(Cc2ccccc2)c(=O)[nH]c1=O. The van der Waals surface area contributed by atoms with E-state index in [1.807, 2.05) is 44.2 Å². The number of benzene rings is 2. The van der Waals surface area contributed by atoms with Crippen LogP contribution in [0.4, 0.5) is 11.5 Å². The fourth-order valence-electron chi connectivity index (χ4n) is 3.39. The second-order valence-corrected chi connectivity index (χ2v) is 8.65. The summed E-state index contributed by atoms with van der Waals surface area (Å²) < 4.78 is 1.25. The molecule has 0 saturated carbocycles. The van der Waals surface area contributed by atoms with Crippen molar-refractivity contribution in [1.82, 2.24) is 9.55 Å². The summed E-state index contributed by atoms with van der Waals surface area (Å²) in [5.74, 6) is -0.466. The molecular weight excluding hydrogens is 451 g/mol. The lowest BCUT2D eigenvalue weighted by Crippen LogP contribution is -2.43. The number of nitrogen functional groups attached to an aromatic ring is 1. The van der Waals surface area contributed by atoms with Crippen LogP contribution in [0.15, 0.2) is 58.1 Å². The molecule has 0 atom stereocenters. The van der Waals surface area contributed by atoms with Crippen molar-refractivity contribution in [3.63, 3.8) is 0 Å². The number of hydrogen-bond acceptors (Lipinski definition) is 4. The summed E-state index contributed by atoms with van der Waals surface area (Å²) in [7, 11) is 0. The van der Waals surface area contributed by atoms with E-state index in [-0.39, 0.29) is 36.9 Å². The predicted octanol–water partition coefficient (Wildman–Crippen LogP) is 3.71. The summed E-state index contributed by atoms with van der Waals surface area (Å²) in [5, 5.41) is 0.706. The van der Waals surface area contributed by atoms with E-state index in [1.54, 1.807) is 18.2 Å². The van der Waals surface area contributed by atoms with Crippen LogP contribution in [0.3, 0.4) is 0 Å². The predicted molar refractivity (Wildman–Crippen MR) is 129 cm³/mol. The lowest BCUT2D eigenvalue weighted by molar-refractivity contribution is -0.118. The van der Waals surface area contributed by atoms with E-state index in [1.165, 1.54) is 9.47 Å². The maximum atomic E-state index is 13.3. The van der Waals surface area contributed by atoms with Crippen molar-refractivity contribution in [2.24, 2.45) is 5.92 Å². The van der Waals surface area contributed by atoms with E-state index in [9.17, 15) is 14.4 Å². The molecule has 32 heavy (non-hydrogen) atoms. The van der Waals surface area contributed by atoms with Crippen LogP contribution in [0.25, 0.3) is 0 Å². The highest BCUT2D eigenvalue weighted by Crippen LogP contribution is 2.27. The molecule has 3 aromatic rings. The van der Waals surface area contributed by atoms with E-state index >= 15 is 0 Å². The minimum atomic E-state index is -0.726. The van der Waals surface area contributed by atoms with Crippen LogP contribution in [0, 0.1) is 5.92 Å². The molecule has 3 N–H and O–H groups in total. The molecular formula is C23H24Cl2N4O3. The molecule has 0 aliphatic carbocycles. The van der Waals surface area contributed by atoms with Gasteiger partial charge in [-0.2, -0.15) is 0 Å². The van der Waals surface area contributed by atoms with Gasteiger partial charge in [0, 0.05) is 16.6 Å². The Kier molecular flexibility index (Phi) is 7.43. The van der Waals surface area contributed by atoms with Gasteiger partial charge in [0.25, 0.3) is 5.56 Å². The molecule has 0 spiro atoms. The Morgan fingerprint density at radius 2 is 1.69 bits per heavy atom. The molecule has 9 heteroatoms. The van der Waals surface area contributed by atoms with Crippen molar-refractivity contribution in [2.45, 2.75) is 26.8 Å². The number of carbonyl (C=O) groups is 1. The van der Waals surface area contributed by atoms with E-state index < -0.39 is 17.2 Å². The van der Waals surface area contributed by atoms with Crippen molar-refractivity contribution in [1.29, 1.82) is 0 Å². The van der Waals surface area contributed by atoms with Crippen LogP contribution in [0.5, 0.6) is 0 Å². The number of nitrogens with one attached hydrogen (secondary N) is 1. The van der Waals surface area contributed by atoms with Gasteiger partial charge in [-0.1, -0.05) is 73.4 Å². The van der Waals surface area contributed by atoms with Gasteiger partial charge in [0.1, 0.15) is 5.82 Å². The molecule has 168 valence electrons. The summed E-state index contributed by atoms with van der Waals surface area (Å²) >= 11 is 12.5. The maximum Gasteiger partial charge on any atom is 0.330 e. The van der Waals surface area contributed by atoms with E-state index in [0.717, 1.165) is 5.56 Å². The Balaban J connectivity index is 2.07. The monoisotopic (exact) mass is 474 g/mol. The van der Waals surface area contributed by atoms with Gasteiger partial charge in [-0.05, 0) is 29.2 Å². The van der Waals surface area contributed by atoms with Crippen LogP contribution in [-0.2, 0) is 17.8 Å². The van der Waals surface area contributed by atoms with Crippen molar-refractivity contribution in [2.75, 3.05) is 17.2 Å². The number of rotatable bonds is 7. The van der Waals surface area contributed by atoms with Gasteiger partial charge in [-0.25, -0.2) is 4.79 Å². The molecule has 1 amide bonds. The number of H-pyrrole nitrogens is 1. The minimum absolute atomic E-state index is 0.0222. The largest absolute Gasteiger partial charge is 0.383 e. The number of nitrogens with two attached hydrogens (primary N) is 1. The number of aromatic amines is 1. The summed E-state index contributed by atoms with van der Waals surface area (Å²) in [5.41, 5.74) is 6.14. The molecule has 0 radical (unpaired) electrons. The van der Waals surface area contributed by atoms with Gasteiger partial charge >= 0.3 is 5.69 Å². The van der Waals surface area contributed by atoms with E-state index in [2.05, 4.69) is 4.98 Å². The van der Waals surface area contributed by atoms with Gasteiger partial charge in [-0.3, -0.25) is 19.1 Å². The first-order valence-corrected chi connectivity index (χ1v) is 10.8. The number of aromatic nitrogens is 2. The number of nitrogens with zero attached hydrogens (tertiary/aromatic N) is 2.